The summed E-state index contributed by atoms with van der Waals surface area (Å²) in [5.41, 5.74) is 1.48. The molecule has 6 nitrogen and oxygen atoms in total. The number of nitrogens with zero attached hydrogens (tertiary/aromatic N) is 5. The average molecular weight is 392 g/mol. The van der Waals surface area contributed by atoms with Crippen LogP contribution < -0.4 is 4.90 Å². The molecule has 3 aromatic rings. The number of rotatable bonds is 3. The predicted molar refractivity (Wildman–Crippen MR) is 117 cm³/mol. The molecule has 0 amide bonds. The molecule has 1 aliphatic heterocycles. The molecule has 2 unspecified atom stereocenters. The second kappa shape index (κ2) is 7.26. The van der Waals surface area contributed by atoms with Crippen LogP contribution >= 0.6 is 0 Å². The van der Waals surface area contributed by atoms with E-state index in [2.05, 4.69) is 59.8 Å². The molecule has 0 spiro atoms. The van der Waals surface area contributed by atoms with E-state index in [0.717, 1.165) is 29.6 Å². The van der Waals surface area contributed by atoms with Crippen LogP contribution in [0.4, 0.5) is 5.82 Å². The van der Waals surface area contributed by atoms with E-state index in [9.17, 15) is 5.11 Å². The summed E-state index contributed by atoms with van der Waals surface area (Å²) in [4.78, 5) is 8.80. The number of aromatic nitrogens is 3. The van der Waals surface area contributed by atoms with Crippen molar-refractivity contribution in [3.8, 4) is 17.0 Å². The molecule has 0 aliphatic carbocycles. The third kappa shape index (κ3) is 3.42. The maximum atomic E-state index is 10.5. The monoisotopic (exact) mass is 391 g/mol. The van der Waals surface area contributed by atoms with Gasteiger partial charge in [0.25, 0.3) is 0 Å². The summed E-state index contributed by atoms with van der Waals surface area (Å²) in [6, 6.07) is 9.92. The number of piperidine rings is 1. The van der Waals surface area contributed by atoms with Gasteiger partial charge in [-0.1, -0.05) is 6.92 Å². The molecule has 2 atom stereocenters. The van der Waals surface area contributed by atoms with E-state index in [-0.39, 0.29) is 11.3 Å². The first kappa shape index (κ1) is 19.6. The van der Waals surface area contributed by atoms with Crippen molar-refractivity contribution in [2.75, 3.05) is 25.5 Å². The largest absolute Gasteiger partial charge is 0.507 e. The van der Waals surface area contributed by atoms with Crippen LogP contribution in [0, 0.1) is 5.92 Å². The normalized spacial score (nSPS) is 22.0. The lowest BCUT2D eigenvalue weighted by molar-refractivity contribution is 0.0391. The summed E-state index contributed by atoms with van der Waals surface area (Å²) in [5, 5.41) is 21.3. The molecule has 1 N–H and O–H groups in total. The van der Waals surface area contributed by atoms with Gasteiger partial charge in [-0.3, -0.25) is 4.98 Å². The van der Waals surface area contributed by atoms with Crippen molar-refractivity contribution in [1.82, 2.24) is 20.1 Å². The summed E-state index contributed by atoms with van der Waals surface area (Å²) in [6.45, 7) is 8.01. The fourth-order valence-corrected chi connectivity index (χ4v) is 4.37. The van der Waals surface area contributed by atoms with E-state index in [4.69, 9.17) is 0 Å². The van der Waals surface area contributed by atoms with Crippen molar-refractivity contribution in [1.29, 1.82) is 0 Å². The molecule has 1 saturated heterocycles. The van der Waals surface area contributed by atoms with E-state index in [1.807, 2.05) is 24.3 Å². The fourth-order valence-electron chi connectivity index (χ4n) is 4.37. The Kier molecular flexibility index (Phi) is 4.90. The zero-order valence-corrected chi connectivity index (χ0v) is 17.8. The Labute approximate surface area is 172 Å². The lowest BCUT2D eigenvalue weighted by atomic mass is 9.77. The molecule has 1 aliphatic rings. The Morgan fingerprint density at radius 2 is 1.93 bits per heavy atom. The molecule has 3 heterocycles. The number of hydrogen-bond acceptors (Lipinski definition) is 6. The van der Waals surface area contributed by atoms with Gasteiger partial charge in [0.05, 0.1) is 5.69 Å². The molecule has 6 heteroatoms. The van der Waals surface area contributed by atoms with Crippen LogP contribution in [0.15, 0.2) is 42.7 Å². The number of likely N-dealkylation sites (tertiary alicyclic amines) is 1. The van der Waals surface area contributed by atoms with Gasteiger partial charge >= 0.3 is 0 Å². The number of phenols is 1. The second-order valence-electron chi connectivity index (χ2n) is 8.70. The number of anilines is 1. The lowest BCUT2D eigenvalue weighted by Crippen LogP contribution is -2.59. The smallest absolute Gasteiger partial charge is 0.151 e. The molecule has 0 radical (unpaired) electrons. The molecule has 1 fully saturated rings. The summed E-state index contributed by atoms with van der Waals surface area (Å²) in [7, 11) is 4.31. The minimum absolute atomic E-state index is 0.135. The summed E-state index contributed by atoms with van der Waals surface area (Å²) in [6.07, 6.45) is 4.59. The number of phenolic OH excluding ortho intramolecular Hbond substituents is 1. The number of hydrogen-bond donors (Lipinski definition) is 1. The van der Waals surface area contributed by atoms with Crippen molar-refractivity contribution < 1.29 is 5.11 Å². The van der Waals surface area contributed by atoms with Crippen molar-refractivity contribution in [3.05, 3.63) is 42.7 Å². The molecular weight excluding hydrogens is 362 g/mol. The van der Waals surface area contributed by atoms with E-state index in [0.29, 0.717) is 23.2 Å². The molecule has 29 heavy (non-hydrogen) atoms. The van der Waals surface area contributed by atoms with E-state index in [1.54, 1.807) is 18.5 Å². The van der Waals surface area contributed by atoms with Crippen LogP contribution in [0.3, 0.4) is 0 Å². The van der Waals surface area contributed by atoms with Gasteiger partial charge in [0.2, 0.25) is 0 Å². The predicted octanol–water partition coefficient (Wildman–Crippen LogP) is 3.95. The summed E-state index contributed by atoms with van der Waals surface area (Å²) >= 11 is 0. The first-order valence-corrected chi connectivity index (χ1v) is 10.1. The fraction of sp³-hybridized carbons (Fsp3) is 0.435. The Morgan fingerprint density at radius 1 is 1.14 bits per heavy atom. The first-order valence-electron chi connectivity index (χ1n) is 10.1. The quantitative estimate of drug-likeness (QED) is 0.729. The average Bonchev–Trinajstić information content (AvgIpc) is 2.72. The number of benzene rings is 1. The minimum atomic E-state index is 0.135. The highest BCUT2D eigenvalue weighted by atomic mass is 16.3. The first-order chi connectivity index (χ1) is 13.8. The third-order valence-electron chi connectivity index (χ3n) is 6.98. The Balaban J connectivity index is 1.60. The second-order valence-corrected chi connectivity index (χ2v) is 8.70. The molecular formula is C23H29N5O. The van der Waals surface area contributed by atoms with Gasteiger partial charge in [0, 0.05) is 48.5 Å². The van der Waals surface area contributed by atoms with Crippen LogP contribution in [-0.2, 0) is 0 Å². The van der Waals surface area contributed by atoms with Crippen LogP contribution in [-0.4, -0.2) is 57.4 Å². The molecule has 4 rings (SSSR count). The highest BCUT2D eigenvalue weighted by Gasteiger charge is 2.41. The maximum Gasteiger partial charge on any atom is 0.151 e. The zero-order chi connectivity index (χ0) is 20.8. The topological polar surface area (TPSA) is 65.4 Å². The van der Waals surface area contributed by atoms with Gasteiger partial charge in [0.15, 0.2) is 5.82 Å². The SMILES string of the molecule is CC1C(N(C)c2ccc(-c3cc4ccncc4cc3O)nn2)CCN(C)C1(C)C. The van der Waals surface area contributed by atoms with Gasteiger partial charge in [-0.05, 0) is 69.0 Å². The molecule has 1 aromatic carbocycles. The van der Waals surface area contributed by atoms with E-state index >= 15 is 0 Å². The van der Waals surface area contributed by atoms with Crippen molar-refractivity contribution in [2.45, 2.75) is 38.8 Å². The summed E-state index contributed by atoms with van der Waals surface area (Å²) in [5.74, 6) is 1.54. The van der Waals surface area contributed by atoms with Crippen molar-refractivity contribution in [2.24, 2.45) is 5.92 Å². The number of fused-ring (bicyclic) bond motifs is 1. The van der Waals surface area contributed by atoms with Crippen molar-refractivity contribution >= 4 is 16.6 Å². The number of pyridine rings is 1. The Hall–Kier alpha value is -2.73. The molecule has 0 saturated carbocycles. The van der Waals surface area contributed by atoms with E-state index < -0.39 is 0 Å². The highest BCUT2D eigenvalue weighted by Crippen LogP contribution is 2.36. The Morgan fingerprint density at radius 3 is 2.66 bits per heavy atom. The van der Waals surface area contributed by atoms with Gasteiger partial charge < -0.3 is 14.9 Å². The van der Waals surface area contributed by atoms with Gasteiger partial charge in [-0.2, -0.15) is 0 Å². The molecule has 0 bridgehead atoms. The zero-order valence-electron chi connectivity index (χ0n) is 17.8. The molecule has 152 valence electrons. The van der Waals surface area contributed by atoms with Gasteiger partial charge in [-0.15, -0.1) is 10.2 Å². The van der Waals surface area contributed by atoms with Crippen LogP contribution in [0.2, 0.25) is 0 Å². The van der Waals surface area contributed by atoms with Gasteiger partial charge in [0.1, 0.15) is 5.75 Å². The third-order valence-corrected chi connectivity index (χ3v) is 6.98. The van der Waals surface area contributed by atoms with Gasteiger partial charge in [-0.25, -0.2) is 0 Å². The Bertz CT molecular complexity index is 1020. The van der Waals surface area contributed by atoms with Crippen molar-refractivity contribution in [3.63, 3.8) is 0 Å². The van der Waals surface area contributed by atoms with Crippen LogP contribution in [0.1, 0.15) is 27.2 Å². The minimum Gasteiger partial charge on any atom is -0.507 e. The van der Waals surface area contributed by atoms with Crippen LogP contribution in [0.5, 0.6) is 5.75 Å². The van der Waals surface area contributed by atoms with Crippen LogP contribution in [0.25, 0.3) is 22.0 Å². The maximum absolute atomic E-state index is 10.5. The standard InChI is InChI=1S/C23H29N5O/c1-15-20(9-11-27(4)23(15,2)3)28(5)22-7-6-19(25-26-22)18-12-16-8-10-24-14-17(16)13-21(18)29/h6-8,10,12-15,20,29H,9,11H2,1-5H3. The summed E-state index contributed by atoms with van der Waals surface area (Å²) < 4.78 is 0. The van der Waals surface area contributed by atoms with E-state index in [1.165, 1.54) is 0 Å². The molecule has 2 aromatic heterocycles. The lowest BCUT2D eigenvalue weighted by Gasteiger charge is -2.51. The highest BCUT2D eigenvalue weighted by molar-refractivity contribution is 5.89. The number of aromatic hydroxyl groups is 1.